The van der Waals surface area contributed by atoms with Gasteiger partial charge in [-0.3, -0.25) is 4.79 Å². The lowest BCUT2D eigenvalue weighted by Gasteiger charge is -2.03. The molecule has 0 radical (unpaired) electrons. The van der Waals surface area contributed by atoms with E-state index in [1.165, 1.54) is 0 Å². The van der Waals surface area contributed by atoms with Crippen LogP contribution in [0.1, 0.15) is 22.1 Å². The van der Waals surface area contributed by atoms with E-state index in [9.17, 15) is 4.79 Å². The first-order chi connectivity index (χ1) is 8.65. The molecule has 1 amide bonds. The molecular weight excluding hydrogens is 298 g/mol. The number of benzene rings is 1. The second-order valence-electron chi connectivity index (χ2n) is 3.73. The lowest BCUT2D eigenvalue weighted by atomic mass is 10.2. The summed E-state index contributed by atoms with van der Waals surface area (Å²) in [5.41, 5.74) is 0.625. The van der Waals surface area contributed by atoms with Crippen LogP contribution >= 0.6 is 15.9 Å². The minimum atomic E-state index is -0.112. The van der Waals surface area contributed by atoms with Crippen LogP contribution in [0.25, 0.3) is 0 Å². The number of hydrogen-bond donors (Lipinski definition) is 1. The summed E-state index contributed by atoms with van der Waals surface area (Å²) in [6, 6.07) is 7.18. The van der Waals surface area contributed by atoms with Crippen molar-refractivity contribution in [2.45, 2.75) is 13.3 Å². The monoisotopic (exact) mass is 309 g/mol. The molecule has 0 aliphatic heterocycles. The van der Waals surface area contributed by atoms with Crippen molar-refractivity contribution in [3.05, 3.63) is 46.1 Å². The molecule has 18 heavy (non-hydrogen) atoms. The van der Waals surface area contributed by atoms with E-state index < -0.39 is 0 Å². The van der Waals surface area contributed by atoms with Gasteiger partial charge in [0.05, 0.1) is 0 Å². The maximum absolute atomic E-state index is 11.8. The molecule has 5 nitrogen and oxygen atoms in total. The summed E-state index contributed by atoms with van der Waals surface area (Å²) in [5.74, 6) is 0.951. The van der Waals surface area contributed by atoms with Crippen LogP contribution in [0.15, 0.2) is 33.2 Å². The summed E-state index contributed by atoms with van der Waals surface area (Å²) in [5, 5.41) is 10.4. The molecule has 2 aromatic rings. The highest BCUT2D eigenvalue weighted by Gasteiger charge is 2.06. The Hall–Kier alpha value is -1.69. The molecule has 0 bridgehead atoms. The number of aromatic nitrogens is 2. The first-order valence-electron chi connectivity index (χ1n) is 5.48. The van der Waals surface area contributed by atoms with Gasteiger partial charge in [0.1, 0.15) is 0 Å². The average molecular weight is 310 g/mol. The van der Waals surface area contributed by atoms with Crippen LogP contribution in [0.5, 0.6) is 0 Å². The molecule has 0 unspecified atom stereocenters. The van der Waals surface area contributed by atoms with Gasteiger partial charge < -0.3 is 9.73 Å². The van der Waals surface area contributed by atoms with Gasteiger partial charge in [-0.1, -0.05) is 15.9 Å². The molecule has 0 saturated heterocycles. The lowest BCUT2D eigenvalue weighted by molar-refractivity contribution is 0.0953. The minimum Gasteiger partial charge on any atom is -0.426 e. The maximum Gasteiger partial charge on any atom is 0.251 e. The van der Waals surface area contributed by atoms with E-state index in [-0.39, 0.29) is 5.91 Å². The van der Waals surface area contributed by atoms with Gasteiger partial charge in [-0.25, -0.2) is 0 Å². The summed E-state index contributed by atoms with van der Waals surface area (Å²) in [4.78, 5) is 11.8. The van der Waals surface area contributed by atoms with Crippen molar-refractivity contribution in [2.75, 3.05) is 6.54 Å². The zero-order chi connectivity index (χ0) is 13.0. The number of nitrogens with zero attached hydrogens (tertiary/aromatic N) is 2. The number of halogens is 1. The van der Waals surface area contributed by atoms with E-state index in [0.29, 0.717) is 30.3 Å². The smallest absolute Gasteiger partial charge is 0.251 e. The standard InChI is InChI=1S/C12H12BrN3O2/c1-8-15-16-11(18-8)6-7-14-12(17)9-2-4-10(13)5-3-9/h2-5H,6-7H2,1H3,(H,14,17). The Morgan fingerprint density at radius 2 is 2.06 bits per heavy atom. The van der Waals surface area contributed by atoms with Crippen molar-refractivity contribution in [3.63, 3.8) is 0 Å². The second-order valence-corrected chi connectivity index (χ2v) is 4.64. The average Bonchev–Trinajstić information content (AvgIpc) is 2.76. The molecule has 2 rings (SSSR count). The summed E-state index contributed by atoms with van der Waals surface area (Å²) in [7, 11) is 0. The first kappa shape index (κ1) is 12.8. The number of amides is 1. The van der Waals surface area contributed by atoms with Crippen molar-refractivity contribution in [1.82, 2.24) is 15.5 Å². The molecule has 1 N–H and O–H groups in total. The molecule has 1 aromatic carbocycles. The van der Waals surface area contributed by atoms with Gasteiger partial charge in [0.15, 0.2) is 0 Å². The quantitative estimate of drug-likeness (QED) is 0.939. The van der Waals surface area contributed by atoms with Crippen LogP contribution in [0.4, 0.5) is 0 Å². The SMILES string of the molecule is Cc1nnc(CCNC(=O)c2ccc(Br)cc2)o1. The molecular formula is C12H12BrN3O2. The predicted molar refractivity (Wildman–Crippen MR) is 69.2 cm³/mol. The Morgan fingerprint density at radius 3 is 2.67 bits per heavy atom. The highest BCUT2D eigenvalue weighted by molar-refractivity contribution is 9.10. The number of nitrogens with one attached hydrogen (secondary N) is 1. The summed E-state index contributed by atoms with van der Waals surface area (Å²) in [6.07, 6.45) is 0.531. The second kappa shape index (κ2) is 5.77. The highest BCUT2D eigenvalue weighted by Crippen LogP contribution is 2.10. The molecule has 1 aromatic heterocycles. The van der Waals surface area contributed by atoms with Crippen LogP contribution < -0.4 is 5.32 Å². The van der Waals surface area contributed by atoms with Gasteiger partial charge in [0.25, 0.3) is 5.91 Å². The number of hydrogen-bond acceptors (Lipinski definition) is 4. The third kappa shape index (κ3) is 3.40. The van der Waals surface area contributed by atoms with Crippen LogP contribution in [0, 0.1) is 6.92 Å². The number of carbonyl (C=O) groups is 1. The van der Waals surface area contributed by atoms with Crippen molar-refractivity contribution in [2.24, 2.45) is 0 Å². The van der Waals surface area contributed by atoms with Gasteiger partial charge in [0, 0.05) is 29.9 Å². The predicted octanol–water partition coefficient (Wildman–Crippen LogP) is 2.11. The highest BCUT2D eigenvalue weighted by atomic mass is 79.9. The van der Waals surface area contributed by atoms with Gasteiger partial charge in [-0.05, 0) is 24.3 Å². The van der Waals surface area contributed by atoms with Crippen LogP contribution in [-0.4, -0.2) is 22.6 Å². The van der Waals surface area contributed by atoms with Crippen molar-refractivity contribution in [1.29, 1.82) is 0 Å². The molecule has 0 atom stereocenters. The molecule has 6 heteroatoms. The maximum atomic E-state index is 11.8. The van der Waals surface area contributed by atoms with E-state index in [2.05, 4.69) is 31.4 Å². The van der Waals surface area contributed by atoms with Crippen LogP contribution in [-0.2, 0) is 6.42 Å². The van der Waals surface area contributed by atoms with Gasteiger partial charge in [-0.2, -0.15) is 0 Å². The van der Waals surface area contributed by atoms with Gasteiger partial charge >= 0.3 is 0 Å². The molecule has 0 aliphatic rings. The fraction of sp³-hybridized carbons (Fsp3) is 0.250. The molecule has 0 spiro atoms. The van der Waals surface area contributed by atoms with Crippen molar-refractivity contribution in [3.8, 4) is 0 Å². The van der Waals surface area contributed by atoms with Crippen LogP contribution in [0.3, 0.4) is 0 Å². The molecule has 1 heterocycles. The van der Waals surface area contributed by atoms with Crippen LogP contribution in [0.2, 0.25) is 0 Å². The summed E-state index contributed by atoms with van der Waals surface area (Å²) >= 11 is 3.32. The molecule has 94 valence electrons. The molecule has 0 aliphatic carbocycles. The van der Waals surface area contributed by atoms with E-state index in [1.54, 1.807) is 19.1 Å². The number of aryl methyl sites for hydroxylation is 1. The Morgan fingerprint density at radius 1 is 1.33 bits per heavy atom. The zero-order valence-electron chi connectivity index (χ0n) is 9.81. The van der Waals surface area contributed by atoms with E-state index in [0.717, 1.165) is 4.47 Å². The van der Waals surface area contributed by atoms with Crippen molar-refractivity contribution < 1.29 is 9.21 Å². The van der Waals surface area contributed by atoms with Gasteiger partial charge in [0.2, 0.25) is 11.8 Å². The third-order valence-electron chi connectivity index (χ3n) is 2.30. The van der Waals surface area contributed by atoms with E-state index in [1.807, 2.05) is 12.1 Å². The fourth-order valence-corrected chi connectivity index (χ4v) is 1.69. The van der Waals surface area contributed by atoms with Gasteiger partial charge in [-0.15, -0.1) is 10.2 Å². The third-order valence-corrected chi connectivity index (χ3v) is 2.83. The van der Waals surface area contributed by atoms with E-state index in [4.69, 9.17) is 4.42 Å². The Labute approximate surface area is 113 Å². The number of rotatable bonds is 4. The fourth-order valence-electron chi connectivity index (χ4n) is 1.42. The topological polar surface area (TPSA) is 68.0 Å². The normalized spacial score (nSPS) is 10.3. The van der Waals surface area contributed by atoms with Crippen molar-refractivity contribution >= 4 is 21.8 Å². The zero-order valence-corrected chi connectivity index (χ0v) is 11.4. The molecule has 0 fully saturated rings. The minimum absolute atomic E-state index is 0.112. The Balaban J connectivity index is 1.83. The number of carbonyl (C=O) groups excluding carboxylic acids is 1. The Bertz CT molecular complexity index is 537. The lowest BCUT2D eigenvalue weighted by Crippen LogP contribution is -2.25. The Kier molecular flexibility index (Phi) is 4.09. The first-order valence-corrected chi connectivity index (χ1v) is 6.27. The summed E-state index contributed by atoms with van der Waals surface area (Å²) < 4.78 is 6.15. The summed E-state index contributed by atoms with van der Waals surface area (Å²) in [6.45, 7) is 2.20. The van der Waals surface area contributed by atoms with E-state index >= 15 is 0 Å². The largest absolute Gasteiger partial charge is 0.426 e. The molecule has 0 saturated carbocycles.